The summed E-state index contributed by atoms with van der Waals surface area (Å²) < 4.78 is 16.6. The predicted molar refractivity (Wildman–Crippen MR) is 71.1 cm³/mol. The molecule has 5 atom stereocenters. The summed E-state index contributed by atoms with van der Waals surface area (Å²) in [7, 11) is 1.64. The number of hydrogen-bond donors (Lipinski definition) is 0. The molecule has 1 heterocycles. The molecule has 0 spiro atoms. The summed E-state index contributed by atoms with van der Waals surface area (Å²) >= 11 is 0. The highest BCUT2D eigenvalue weighted by molar-refractivity contribution is 5.66. The lowest BCUT2D eigenvalue weighted by Crippen LogP contribution is -2.37. The Balaban J connectivity index is 2.30. The lowest BCUT2D eigenvalue weighted by Gasteiger charge is -2.36. The van der Waals surface area contributed by atoms with Crippen molar-refractivity contribution in [3.05, 3.63) is 11.6 Å². The Morgan fingerprint density at radius 2 is 2.11 bits per heavy atom. The zero-order valence-electron chi connectivity index (χ0n) is 12.4. The Kier molecular flexibility index (Phi) is 4.31. The number of esters is 1. The van der Waals surface area contributed by atoms with E-state index in [4.69, 9.17) is 14.2 Å². The maximum Gasteiger partial charge on any atom is 0.304 e. The van der Waals surface area contributed by atoms with E-state index in [9.17, 15) is 4.79 Å². The summed E-state index contributed by atoms with van der Waals surface area (Å²) in [4.78, 5) is 11.3. The summed E-state index contributed by atoms with van der Waals surface area (Å²) in [5.74, 6) is 1.07. The minimum Gasteiger partial charge on any atom is -0.435 e. The normalized spacial score (nSPS) is 38.0. The first kappa shape index (κ1) is 14.5. The van der Waals surface area contributed by atoms with E-state index in [0.717, 1.165) is 6.42 Å². The number of allylic oxidation sites excluding steroid dienone is 1. The van der Waals surface area contributed by atoms with Gasteiger partial charge in [0.05, 0.1) is 0 Å². The molecule has 1 saturated heterocycles. The summed E-state index contributed by atoms with van der Waals surface area (Å²) in [5.41, 5.74) is 1.28. The second kappa shape index (κ2) is 5.63. The first-order chi connectivity index (χ1) is 8.95. The number of carbonyl (C=O) groups excluding carboxylic acids is 1. The number of hydrogen-bond acceptors (Lipinski definition) is 4. The maximum atomic E-state index is 11.3. The van der Waals surface area contributed by atoms with Gasteiger partial charge in [-0.25, -0.2) is 0 Å². The Morgan fingerprint density at radius 3 is 2.63 bits per heavy atom. The first-order valence-electron chi connectivity index (χ1n) is 6.97. The fourth-order valence-electron chi connectivity index (χ4n) is 3.45. The fourth-order valence-corrected chi connectivity index (χ4v) is 3.45. The third-order valence-electron chi connectivity index (χ3n) is 4.39. The molecule has 0 amide bonds. The molecule has 4 heteroatoms. The molecule has 19 heavy (non-hydrogen) atoms. The quantitative estimate of drug-likeness (QED) is 0.583. The van der Waals surface area contributed by atoms with Crippen LogP contribution in [0.4, 0.5) is 0 Å². The second-order valence-electron chi connectivity index (χ2n) is 5.91. The number of rotatable bonds is 3. The fraction of sp³-hybridized carbons (Fsp3) is 0.800. The van der Waals surface area contributed by atoms with Crippen LogP contribution in [0, 0.1) is 23.7 Å². The molecule has 0 aromatic rings. The van der Waals surface area contributed by atoms with Gasteiger partial charge >= 0.3 is 5.97 Å². The van der Waals surface area contributed by atoms with Crippen LogP contribution in [0.1, 0.15) is 34.1 Å². The van der Waals surface area contributed by atoms with Crippen LogP contribution in [0.25, 0.3) is 0 Å². The van der Waals surface area contributed by atoms with E-state index in [0.29, 0.717) is 11.8 Å². The van der Waals surface area contributed by atoms with Gasteiger partial charge in [-0.2, -0.15) is 0 Å². The molecule has 0 aromatic heterocycles. The SMILES string of the molecule is CO[C@@H]1O[C@@H](OC(C)=O)[C@H]2[C@@H]1C(C)=CC[C@@H]2C(C)C. The highest BCUT2D eigenvalue weighted by Crippen LogP contribution is 2.48. The molecule has 1 aliphatic heterocycles. The predicted octanol–water partition coefficient (Wildman–Crippen LogP) is 2.73. The van der Waals surface area contributed by atoms with Gasteiger partial charge in [-0.1, -0.05) is 25.5 Å². The molecule has 0 saturated carbocycles. The highest BCUT2D eigenvalue weighted by atomic mass is 16.8. The van der Waals surface area contributed by atoms with E-state index >= 15 is 0 Å². The highest BCUT2D eigenvalue weighted by Gasteiger charge is 2.52. The topological polar surface area (TPSA) is 44.8 Å². The van der Waals surface area contributed by atoms with Gasteiger partial charge in [0.1, 0.15) is 0 Å². The molecule has 108 valence electrons. The smallest absolute Gasteiger partial charge is 0.304 e. The van der Waals surface area contributed by atoms with Gasteiger partial charge in [-0.05, 0) is 25.2 Å². The van der Waals surface area contributed by atoms with Crippen molar-refractivity contribution in [1.82, 2.24) is 0 Å². The van der Waals surface area contributed by atoms with Crippen LogP contribution in [0.2, 0.25) is 0 Å². The number of fused-ring (bicyclic) bond motifs is 1. The molecule has 2 rings (SSSR count). The van der Waals surface area contributed by atoms with Crippen molar-refractivity contribution >= 4 is 5.97 Å². The monoisotopic (exact) mass is 268 g/mol. The van der Waals surface area contributed by atoms with Crippen LogP contribution >= 0.6 is 0 Å². The number of methoxy groups -OCH3 is 1. The first-order valence-corrected chi connectivity index (χ1v) is 6.97. The lowest BCUT2D eigenvalue weighted by molar-refractivity contribution is -0.210. The average Bonchev–Trinajstić information content (AvgIpc) is 2.68. The van der Waals surface area contributed by atoms with E-state index in [1.807, 2.05) is 0 Å². The maximum absolute atomic E-state index is 11.3. The Labute approximate surface area is 115 Å². The molecule has 0 bridgehead atoms. The van der Waals surface area contributed by atoms with Crippen molar-refractivity contribution in [2.75, 3.05) is 7.11 Å². The van der Waals surface area contributed by atoms with Crippen molar-refractivity contribution in [1.29, 1.82) is 0 Å². The number of carbonyl (C=O) groups is 1. The van der Waals surface area contributed by atoms with Gasteiger partial charge in [0, 0.05) is 25.9 Å². The molecule has 2 aliphatic rings. The summed E-state index contributed by atoms with van der Waals surface area (Å²) in [6, 6.07) is 0. The molecular formula is C15H24O4. The minimum absolute atomic E-state index is 0.190. The molecular weight excluding hydrogens is 244 g/mol. The Morgan fingerprint density at radius 1 is 1.42 bits per heavy atom. The third kappa shape index (κ3) is 2.70. The zero-order valence-corrected chi connectivity index (χ0v) is 12.4. The molecule has 1 aliphatic carbocycles. The van der Waals surface area contributed by atoms with Crippen molar-refractivity contribution in [2.45, 2.75) is 46.7 Å². The van der Waals surface area contributed by atoms with Crippen LogP contribution in [0.15, 0.2) is 11.6 Å². The van der Waals surface area contributed by atoms with Crippen LogP contribution in [0.3, 0.4) is 0 Å². The van der Waals surface area contributed by atoms with Crippen LogP contribution < -0.4 is 0 Å². The zero-order chi connectivity index (χ0) is 14.2. The van der Waals surface area contributed by atoms with Crippen molar-refractivity contribution < 1.29 is 19.0 Å². The molecule has 0 radical (unpaired) electrons. The summed E-state index contributed by atoms with van der Waals surface area (Å²) in [6.07, 6.45) is 2.50. The van der Waals surface area contributed by atoms with Crippen molar-refractivity contribution in [3.63, 3.8) is 0 Å². The van der Waals surface area contributed by atoms with E-state index < -0.39 is 6.29 Å². The molecule has 4 nitrogen and oxygen atoms in total. The van der Waals surface area contributed by atoms with Crippen LogP contribution in [-0.4, -0.2) is 25.7 Å². The van der Waals surface area contributed by atoms with Crippen LogP contribution in [-0.2, 0) is 19.0 Å². The molecule has 1 fully saturated rings. The third-order valence-corrected chi connectivity index (χ3v) is 4.39. The average molecular weight is 268 g/mol. The van der Waals surface area contributed by atoms with E-state index in [1.54, 1.807) is 7.11 Å². The van der Waals surface area contributed by atoms with Gasteiger partial charge in [-0.3, -0.25) is 4.79 Å². The van der Waals surface area contributed by atoms with Crippen molar-refractivity contribution in [2.24, 2.45) is 23.7 Å². The minimum atomic E-state index is -0.483. The van der Waals surface area contributed by atoms with E-state index in [-0.39, 0.29) is 24.1 Å². The van der Waals surface area contributed by atoms with Gasteiger partial charge in [0.2, 0.25) is 6.29 Å². The van der Waals surface area contributed by atoms with Crippen molar-refractivity contribution in [3.8, 4) is 0 Å². The summed E-state index contributed by atoms with van der Waals surface area (Å²) in [6.45, 7) is 7.95. The summed E-state index contributed by atoms with van der Waals surface area (Å²) in [5, 5.41) is 0. The molecule has 0 unspecified atom stereocenters. The van der Waals surface area contributed by atoms with E-state index in [2.05, 4.69) is 26.8 Å². The molecule has 0 aromatic carbocycles. The second-order valence-corrected chi connectivity index (χ2v) is 5.91. The largest absolute Gasteiger partial charge is 0.435 e. The van der Waals surface area contributed by atoms with Gasteiger partial charge < -0.3 is 14.2 Å². The standard InChI is InChI=1S/C15H24O4/c1-8(2)11-7-6-9(3)12-13(11)15(18-10(4)16)19-14(12)17-5/h6,8,11-15H,7H2,1-5H3/t11-,12+,13-,14-,15-/m1/s1. The molecule has 0 N–H and O–H groups in total. The van der Waals surface area contributed by atoms with Gasteiger partial charge in [-0.15, -0.1) is 0 Å². The Hall–Kier alpha value is -0.870. The van der Waals surface area contributed by atoms with Gasteiger partial charge in [0.15, 0.2) is 6.29 Å². The van der Waals surface area contributed by atoms with Gasteiger partial charge in [0.25, 0.3) is 0 Å². The Bertz CT molecular complexity index is 374. The lowest BCUT2D eigenvalue weighted by atomic mass is 9.69. The van der Waals surface area contributed by atoms with Crippen LogP contribution in [0.5, 0.6) is 0 Å². The van der Waals surface area contributed by atoms with E-state index in [1.165, 1.54) is 12.5 Å². The number of ether oxygens (including phenoxy) is 3.